The van der Waals surface area contributed by atoms with Crippen LogP contribution in [0, 0.1) is 0 Å². The smallest absolute Gasteiger partial charge is 0.222 e. The number of nitrogens with two attached hydrogens (primary N) is 1. The Kier molecular flexibility index (Phi) is 5.82. The van der Waals surface area contributed by atoms with Crippen LogP contribution in [0.2, 0.25) is 0 Å². The van der Waals surface area contributed by atoms with E-state index in [1.165, 1.54) is 0 Å². The number of benzene rings is 1. The number of anilines is 2. The van der Waals surface area contributed by atoms with Crippen molar-refractivity contribution in [3.63, 3.8) is 0 Å². The molecule has 1 aromatic heterocycles. The summed E-state index contributed by atoms with van der Waals surface area (Å²) in [5.74, 6) is 2.58. The van der Waals surface area contributed by atoms with Gasteiger partial charge >= 0.3 is 0 Å². The molecule has 0 fully saturated rings. The van der Waals surface area contributed by atoms with Crippen molar-refractivity contribution in [3.8, 4) is 17.2 Å². The van der Waals surface area contributed by atoms with Crippen LogP contribution in [0.5, 0.6) is 17.2 Å². The van der Waals surface area contributed by atoms with Gasteiger partial charge in [0, 0.05) is 6.54 Å². The number of nitrogens with one attached hydrogen (secondary N) is 1. The Labute approximate surface area is 130 Å². The molecule has 1 aromatic carbocycles. The fraction of sp³-hybridized carbons (Fsp3) is 0.375. The number of rotatable bonds is 8. The first-order chi connectivity index (χ1) is 10.7. The van der Waals surface area contributed by atoms with Crippen molar-refractivity contribution >= 4 is 11.8 Å². The van der Waals surface area contributed by atoms with E-state index in [4.69, 9.17) is 15.2 Å². The van der Waals surface area contributed by atoms with Crippen LogP contribution in [0.15, 0.2) is 30.5 Å². The quantitative estimate of drug-likeness (QED) is 0.727. The molecule has 0 aliphatic rings. The molecule has 0 saturated heterocycles. The van der Waals surface area contributed by atoms with E-state index in [1.54, 1.807) is 13.3 Å². The molecule has 118 valence electrons. The normalized spacial score (nSPS) is 10.3. The summed E-state index contributed by atoms with van der Waals surface area (Å²) < 4.78 is 11.2. The van der Waals surface area contributed by atoms with Gasteiger partial charge in [-0.3, -0.25) is 0 Å². The topological polar surface area (TPSA) is 82.3 Å². The fourth-order valence-electron chi connectivity index (χ4n) is 1.99. The Morgan fingerprint density at radius 3 is 2.64 bits per heavy atom. The number of nitrogens with zero attached hydrogens (tertiary/aromatic N) is 2. The molecule has 2 rings (SSSR count). The van der Waals surface area contributed by atoms with Crippen LogP contribution in [0.25, 0.3) is 0 Å². The number of unbranched alkanes of at least 4 members (excludes halogenated alkanes) is 2. The number of hydrogen-bond donors (Lipinski definition) is 2. The van der Waals surface area contributed by atoms with Gasteiger partial charge < -0.3 is 20.5 Å². The molecule has 6 nitrogen and oxygen atoms in total. The predicted octanol–water partition coefficient (Wildman–Crippen LogP) is 3.46. The van der Waals surface area contributed by atoms with E-state index >= 15 is 0 Å². The molecule has 0 atom stereocenters. The van der Waals surface area contributed by atoms with E-state index in [1.807, 2.05) is 24.3 Å². The molecular weight excluding hydrogens is 280 g/mol. The van der Waals surface area contributed by atoms with Crippen molar-refractivity contribution in [2.24, 2.45) is 0 Å². The molecule has 3 N–H and O–H groups in total. The van der Waals surface area contributed by atoms with E-state index < -0.39 is 0 Å². The van der Waals surface area contributed by atoms with Gasteiger partial charge in [0.2, 0.25) is 5.95 Å². The molecule has 0 saturated carbocycles. The number of aromatic nitrogens is 2. The summed E-state index contributed by atoms with van der Waals surface area (Å²) in [5.41, 5.74) is 5.66. The zero-order valence-corrected chi connectivity index (χ0v) is 13.0. The van der Waals surface area contributed by atoms with Crippen LogP contribution in [0.3, 0.4) is 0 Å². The van der Waals surface area contributed by atoms with Crippen LogP contribution in [0.1, 0.15) is 26.2 Å². The third kappa shape index (κ3) is 4.25. The summed E-state index contributed by atoms with van der Waals surface area (Å²) in [5, 5.41) is 3.25. The summed E-state index contributed by atoms with van der Waals surface area (Å²) in [6.07, 6.45) is 4.96. The lowest BCUT2D eigenvalue weighted by atomic mass is 10.2. The summed E-state index contributed by atoms with van der Waals surface area (Å²) in [7, 11) is 1.60. The molecule has 0 bridgehead atoms. The summed E-state index contributed by atoms with van der Waals surface area (Å²) in [6.45, 7) is 2.98. The van der Waals surface area contributed by atoms with Crippen molar-refractivity contribution in [1.29, 1.82) is 0 Å². The maximum Gasteiger partial charge on any atom is 0.222 e. The number of ether oxygens (including phenoxy) is 2. The van der Waals surface area contributed by atoms with E-state index in [0.717, 1.165) is 25.8 Å². The third-order valence-corrected chi connectivity index (χ3v) is 3.14. The molecule has 0 amide bonds. The highest BCUT2D eigenvalue weighted by Gasteiger charge is 2.11. The van der Waals surface area contributed by atoms with Crippen molar-refractivity contribution in [2.75, 3.05) is 24.7 Å². The first-order valence-corrected chi connectivity index (χ1v) is 7.42. The van der Waals surface area contributed by atoms with E-state index in [-0.39, 0.29) is 5.95 Å². The lowest BCUT2D eigenvalue weighted by Crippen LogP contribution is -2.07. The van der Waals surface area contributed by atoms with Crippen molar-refractivity contribution in [1.82, 2.24) is 9.97 Å². The first-order valence-electron chi connectivity index (χ1n) is 7.42. The fourth-order valence-corrected chi connectivity index (χ4v) is 1.99. The van der Waals surface area contributed by atoms with Gasteiger partial charge in [0.1, 0.15) is 0 Å². The lowest BCUT2D eigenvalue weighted by Gasteiger charge is -2.13. The minimum atomic E-state index is 0.213. The van der Waals surface area contributed by atoms with Crippen molar-refractivity contribution < 1.29 is 9.47 Å². The van der Waals surface area contributed by atoms with Gasteiger partial charge in [-0.25, -0.2) is 4.98 Å². The zero-order valence-electron chi connectivity index (χ0n) is 13.0. The van der Waals surface area contributed by atoms with Gasteiger partial charge in [-0.2, -0.15) is 4.98 Å². The van der Waals surface area contributed by atoms with Crippen LogP contribution in [-0.2, 0) is 0 Å². The van der Waals surface area contributed by atoms with Gasteiger partial charge in [-0.15, -0.1) is 0 Å². The molecule has 2 aromatic rings. The number of hydrogen-bond acceptors (Lipinski definition) is 6. The Morgan fingerprint density at radius 1 is 1.14 bits per heavy atom. The van der Waals surface area contributed by atoms with Crippen LogP contribution >= 0.6 is 0 Å². The third-order valence-electron chi connectivity index (χ3n) is 3.14. The van der Waals surface area contributed by atoms with Gasteiger partial charge in [-0.1, -0.05) is 31.9 Å². The maximum absolute atomic E-state index is 5.88. The van der Waals surface area contributed by atoms with Gasteiger partial charge in [0.25, 0.3) is 0 Å². The summed E-state index contributed by atoms with van der Waals surface area (Å²) in [6, 6.07) is 7.43. The molecule has 0 spiro atoms. The molecule has 0 radical (unpaired) electrons. The second-order valence-electron chi connectivity index (χ2n) is 4.83. The molecule has 6 heteroatoms. The minimum absolute atomic E-state index is 0.213. The van der Waals surface area contributed by atoms with Crippen LogP contribution < -0.4 is 20.5 Å². The Balaban J connectivity index is 2.15. The van der Waals surface area contributed by atoms with Crippen LogP contribution in [-0.4, -0.2) is 23.6 Å². The second kappa shape index (κ2) is 8.07. The molecule has 22 heavy (non-hydrogen) atoms. The molecule has 0 aliphatic heterocycles. The second-order valence-corrected chi connectivity index (χ2v) is 4.83. The average Bonchev–Trinajstić information content (AvgIpc) is 2.54. The highest BCUT2D eigenvalue weighted by atomic mass is 16.5. The SMILES string of the molecule is CCCCCNc1nc(N)ncc1Oc1ccccc1OC. The largest absolute Gasteiger partial charge is 0.493 e. The minimum Gasteiger partial charge on any atom is -0.493 e. The van der Waals surface area contributed by atoms with E-state index in [9.17, 15) is 0 Å². The number of para-hydroxylation sites is 2. The Bertz CT molecular complexity index is 604. The van der Waals surface area contributed by atoms with Gasteiger partial charge in [0.05, 0.1) is 13.3 Å². The highest BCUT2D eigenvalue weighted by molar-refractivity contribution is 5.54. The van der Waals surface area contributed by atoms with Gasteiger partial charge in [-0.05, 0) is 18.6 Å². The standard InChI is InChI=1S/C16H22N4O2/c1-3-4-7-10-18-15-14(11-19-16(17)20-15)22-13-9-6-5-8-12(13)21-2/h5-6,8-9,11H,3-4,7,10H2,1-2H3,(H3,17,18,19,20). The maximum atomic E-state index is 5.88. The van der Waals surface area contributed by atoms with Crippen molar-refractivity contribution in [3.05, 3.63) is 30.5 Å². The molecular formula is C16H22N4O2. The Morgan fingerprint density at radius 2 is 1.91 bits per heavy atom. The molecule has 0 unspecified atom stereocenters. The molecule has 1 heterocycles. The summed E-state index contributed by atoms with van der Waals surface area (Å²) >= 11 is 0. The molecule has 0 aliphatic carbocycles. The van der Waals surface area contributed by atoms with Crippen LogP contribution in [0.4, 0.5) is 11.8 Å². The number of nitrogen functional groups attached to an aromatic ring is 1. The predicted molar refractivity (Wildman–Crippen MR) is 87.5 cm³/mol. The highest BCUT2D eigenvalue weighted by Crippen LogP contribution is 2.33. The first kappa shape index (κ1) is 15.9. The lowest BCUT2D eigenvalue weighted by molar-refractivity contribution is 0.378. The number of methoxy groups -OCH3 is 1. The van der Waals surface area contributed by atoms with Gasteiger partial charge in [0.15, 0.2) is 23.1 Å². The monoisotopic (exact) mass is 302 g/mol. The van der Waals surface area contributed by atoms with Crippen molar-refractivity contribution in [2.45, 2.75) is 26.2 Å². The van der Waals surface area contributed by atoms with E-state index in [0.29, 0.717) is 23.1 Å². The summed E-state index contributed by atoms with van der Waals surface area (Å²) in [4.78, 5) is 8.21. The van der Waals surface area contributed by atoms with E-state index in [2.05, 4.69) is 22.2 Å². The average molecular weight is 302 g/mol. The Hall–Kier alpha value is -2.50. The zero-order chi connectivity index (χ0) is 15.8.